The molecule has 0 unspecified atom stereocenters. The summed E-state index contributed by atoms with van der Waals surface area (Å²) in [5, 5.41) is 6.08. The number of amides is 3. The topological polar surface area (TPSA) is 64.7 Å². The molecule has 20 heavy (non-hydrogen) atoms. The van der Waals surface area contributed by atoms with Gasteiger partial charge in [0.2, 0.25) is 0 Å². The van der Waals surface area contributed by atoms with Crippen LogP contribution in [0, 0.1) is 0 Å². The molecule has 2 aliphatic heterocycles. The molecular weight excluding hydrogens is 256 g/mol. The van der Waals surface area contributed by atoms with Crippen LogP contribution >= 0.6 is 0 Å². The minimum Gasteiger partial charge on any atom is -0.324 e. The SMILES string of the molecule is CCN(CCN1C(=O)NC(C)(C)C1=O)C1CCNCC1. The third-order valence-corrected chi connectivity index (χ3v) is 4.29. The predicted molar refractivity (Wildman–Crippen MR) is 77.5 cm³/mol. The summed E-state index contributed by atoms with van der Waals surface area (Å²) in [5.74, 6) is -0.121. The zero-order chi connectivity index (χ0) is 14.8. The van der Waals surface area contributed by atoms with E-state index < -0.39 is 5.54 Å². The number of urea groups is 1. The molecule has 6 heteroatoms. The molecule has 0 spiro atoms. The molecule has 0 radical (unpaired) electrons. The van der Waals surface area contributed by atoms with Crippen molar-refractivity contribution < 1.29 is 9.59 Å². The van der Waals surface area contributed by atoms with Crippen molar-refractivity contribution in [2.75, 3.05) is 32.7 Å². The molecule has 2 fully saturated rings. The van der Waals surface area contributed by atoms with E-state index in [2.05, 4.69) is 22.5 Å². The summed E-state index contributed by atoms with van der Waals surface area (Å²) in [6.07, 6.45) is 2.28. The van der Waals surface area contributed by atoms with E-state index in [0.717, 1.165) is 39.0 Å². The van der Waals surface area contributed by atoms with Gasteiger partial charge in [-0.3, -0.25) is 14.6 Å². The van der Waals surface area contributed by atoms with Crippen LogP contribution in [0.4, 0.5) is 4.79 Å². The van der Waals surface area contributed by atoms with E-state index in [0.29, 0.717) is 12.6 Å². The minimum atomic E-state index is -0.761. The first-order chi connectivity index (χ1) is 9.45. The molecule has 2 N–H and O–H groups in total. The smallest absolute Gasteiger partial charge is 0.324 e. The minimum absolute atomic E-state index is 0.121. The molecular formula is C14H26N4O2. The Labute approximate surface area is 120 Å². The van der Waals surface area contributed by atoms with Gasteiger partial charge in [0, 0.05) is 19.1 Å². The van der Waals surface area contributed by atoms with Gasteiger partial charge in [0.05, 0.1) is 0 Å². The van der Waals surface area contributed by atoms with Crippen molar-refractivity contribution in [3.05, 3.63) is 0 Å². The second-order valence-corrected chi connectivity index (χ2v) is 6.12. The molecule has 0 aromatic heterocycles. The molecule has 2 aliphatic rings. The molecule has 2 heterocycles. The van der Waals surface area contributed by atoms with Gasteiger partial charge in [-0.1, -0.05) is 6.92 Å². The van der Waals surface area contributed by atoms with Crippen molar-refractivity contribution >= 4 is 11.9 Å². The predicted octanol–water partition coefficient (Wildman–Crippen LogP) is 0.391. The summed E-state index contributed by atoms with van der Waals surface area (Å²) in [4.78, 5) is 27.7. The number of carbonyl (C=O) groups is 2. The lowest BCUT2D eigenvalue weighted by atomic mass is 10.0. The Hall–Kier alpha value is -1.14. The number of likely N-dealkylation sites (N-methyl/N-ethyl adjacent to an activating group) is 1. The van der Waals surface area contributed by atoms with Crippen LogP contribution in [-0.2, 0) is 4.79 Å². The summed E-state index contributed by atoms with van der Waals surface area (Å²) in [6.45, 7) is 9.93. The average molecular weight is 282 g/mol. The second-order valence-electron chi connectivity index (χ2n) is 6.12. The number of hydrogen-bond acceptors (Lipinski definition) is 4. The first-order valence-corrected chi connectivity index (χ1v) is 7.54. The normalized spacial score (nSPS) is 23.5. The maximum atomic E-state index is 12.1. The molecule has 114 valence electrons. The quantitative estimate of drug-likeness (QED) is 0.716. The highest BCUT2D eigenvalue weighted by Crippen LogP contribution is 2.17. The summed E-state index contributed by atoms with van der Waals surface area (Å²) < 4.78 is 0. The lowest BCUT2D eigenvalue weighted by molar-refractivity contribution is -0.130. The number of rotatable bonds is 5. The first-order valence-electron chi connectivity index (χ1n) is 7.54. The van der Waals surface area contributed by atoms with Gasteiger partial charge in [0.1, 0.15) is 5.54 Å². The van der Waals surface area contributed by atoms with Gasteiger partial charge >= 0.3 is 6.03 Å². The van der Waals surface area contributed by atoms with Crippen molar-refractivity contribution in [2.24, 2.45) is 0 Å². The number of nitrogens with one attached hydrogen (secondary N) is 2. The Kier molecular flexibility index (Phi) is 4.65. The summed E-state index contributed by atoms with van der Waals surface area (Å²) in [6, 6.07) is 0.302. The van der Waals surface area contributed by atoms with Crippen LogP contribution in [-0.4, -0.2) is 66.0 Å². The molecule has 0 bridgehead atoms. The Morgan fingerprint density at radius 2 is 1.95 bits per heavy atom. The van der Waals surface area contributed by atoms with Crippen molar-refractivity contribution in [1.82, 2.24) is 20.4 Å². The van der Waals surface area contributed by atoms with Crippen LogP contribution in [0.2, 0.25) is 0 Å². The monoisotopic (exact) mass is 282 g/mol. The molecule has 0 aliphatic carbocycles. The largest absolute Gasteiger partial charge is 0.325 e. The Balaban J connectivity index is 1.90. The van der Waals surface area contributed by atoms with E-state index >= 15 is 0 Å². The van der Waals surface area contributed by atoms with Gasteiger partial charge in [-0.2, -0.15) is 0 Å². The third-order valence-electron chi connectivity index (χ3n) is 4.29. The standard InChI is InChI=1S/C14H26N4O2/c1-4-17(11-5-7-15-8-6-11)9-10-18-12(19)14(2,3)16-13(18)20/h11,15H,4-10H2,1-3H3,(H,16,20). The lowest BCUT2D eigenvalue weighted by Crippen LogP contribution is -2.47. The lowest BCUT2D eigenvalue weighted by Gasteiger charge is -2.34. The van der Waals surface area contributed by atoms with Gasteiger partial charge in [0.15, 0.2) is 0 Å². The van der Waals surface area contributed by atoms with E-state index in [4.69, 9.17) is 0 Å². The average Bonchev–Trinajstić information content (AvgIpc) is 2.62. The highest BCUT2D eigenvalue weighted by atomic mass is 16.2. The van der Waals surface area contributed by atoms with Crippen LogP contribution in [0.3, 0.4) is 0 Å². The van der Waals surface area contributed by atoms with E-state index in [1.165, 1.54) is 4.90 Å². The van der Waals surface area contributed by atoms with Gasteiger partial charge in [-0.25, -0.2) is 4.79 Å². The van der Waals surface area contributed by atoms with Crippen molar-refractivity contribution in [3.8, 4) is 0 Å². The zero-order valence-corrected chi connectivity index (χ0v) is 12.7. The molecule has 0 aromatic rings. The Bertz CT molecular complexity index is 377. The van der Waals surface area contributed by atoms with Crippen molar-refractivity contribution in [1.29, 1.82) is 0 Å². The summed E-state index contributed by atoms with van der Waals surface area (Å²) in [5.41, 5.74) is -0.761. The highest BCUT2D eigenvalue weighted by molar-refractivity contribution is 6.06. The number of imide groups is 1. The number of nitrogens with zero attached hydrogens (tertiary/aromatic N) is 2. The Morgan fingerprint density at radius 3 is 2.45 bits per heavy atom. The van der Waals surface area contributed by atoms with Crippen LogP contribution in [0.25, 0.3) is 0 Å². The molecule has 2 rings (SSSR count). The molecule has 6 nitrogen and oxygen atoms in total. The fraction of sp³-hybridized carbons (Fsp3) is 0.857. The highest BCUT2D eigenvalue weighted by Gasteiger charge is 2.44. The van der Waals surface area contributed by atoms with Crippen LogP contribution in [0.15, 0.2) is 0 Å². The molecule has 0 saturated carbocycles. The fourth-order valence-electron chi connectivity index (χ4n) is 3.02. The molecule has 0 aromatic carbocycles. The van der Waals surface area contributed by atoms with Crippen molar-refractivity contribution in [3.63, 3.8) is 0 Å². The molecule has 2 saturated heterocycles. The third kappa shape index (κ3) is 3.12. The van der Waals surface area contributed by atoms with Gasteiger partial charge in [-0.15, -0.1) is 0 Å². The number of piperidine rings is 1. The van der Waals surface area contributed by atoms with Gasteiger partial charge < -0.3 is 10.6 Å². The fourth-order valence-corrected chi connectivity index (χ4v) is 3.02. The Morgan fingerprint density at radius 1 is 1.30 bits per heavy atom. The number of carbonyl (C=O) groups excluding carboxylic acids is 2. The second kappa shape index (κ2) is 6.10. The van der Waals surface area contributed by atoms with E-state index in [1.54, 1.807) is 13.8 Å². The van der Waals surface area contributed by atoms with E-state index in [9.17, 15) is 9.59 Å². The number of hydrogen-bond donors (Lipinski definition) is 2. The maximum absolute atomic E-state index is 12.1. The van der Waals surface area contributed by atoms with Gasteiger partial charge in [-0.05, 0) is 46.3 Å². The summed E-state index contributed by atoms with van der Waals surface area (Å²) in [7, 11) is 0. The van der Waals surface area contributed by atoms with Gasteiger partial charge in [0.25, 0.3) is 5.91 Å². The molecule has 0 atom stereocenters. The maximum Gasteiger partial charge on any atom is 0.325 e. The van der Waals surface area contributed by atoms with Crippen LogP contribution < -0.4 is 10.6 Å². The van der Waals surface area contributed by atoms with Crippen molar-refractivity contribution in [2.45, 2.75) is 45.2 Å². The van der Waals surface area contributed by atoms with E-state index in [1.807, 2.05) is 0 Å². The zero-order valence-electron chi connectivity index (χ0n) is 12.7. The molecule has 3 amide bonds. The van der Waals surface area contributed by atoms with Crippen LogP contribution in [0.1, 0.15) is 33.6 Å². The van der Waals surface area contributed by atoms with Crippen LogP contribution in [0.5, 0.6) is 0 Å². The first kappa shape index (κ1) is 15.3. The summed E-state index contributed by atoms with van der Waals surface area (Å²) >= 11 is 0. The van der Waals surface area contributed by atoms with E-state index in [-0.39, 0.29) is 11.9 Å².